The van der Waals surface area contributed by atoms with Crippen LogP contribution in [0.4, 0.5) is 5.69 Å². The maximum absolute atomic E-state index is 11.7. The van der Waals surface area contributed by atoms with Crippen molar-refractivity contribution < 1.29 is 9.90 Å². The van der Waals surface area contributed by atoms with Gasteiger partial charge < -0.3 is 16.2 Å². The lowest BCUT2D eigenvalue weighted by atomic mass is 10.2. The average molecular weight is 240 g/mol. The van der Waals surface area contributed by atoms with E-state index in [0.29, 0.717) is 31.6 Å². The summed E-state index contributed by atoms with van der Waals surface area (Å²) in [4.78, 5) is 11.7. The first kappa shape index (κ1) is 13.5. The SMILES string of the molecule is CCC(O)CCNC(=O)c1nn(CC)cc1N. The molecule has 0 bridgehead atoms. The minimum atomic E-state index is -0.374. The van der Waals surface area contributed by atoms with Gasteiger partial charge in [0, 0.05) is 19.3 Å². The van der Waals surface area contributed by atoms with Crippen molar-refractivity contribution in [3.8, 4) is 0 Å². The normalized spacial score (nSPS) is 12.4. The van der Waals surface area contributed by atoms with Gasteiger partial charge in [-0.2, -0.15) is 5.10 Å². The molecule has 0 spiro atoms. The van der Waals surface area contributed by atoms with Crippen LogP contribution in [0.3, 0.4) is 0 Å². The number of rotatable bonds is 6. The molecule has 4 N–H and O–H groups in total. The number of anilines is 1. The zero-order valence-corrected chi connectivity index (χ0v) is 10.3. The number of hydrogen-bond donors (Lipinski definition) is 3. The molecular formula is C11H20N4O2. The van der Waals surface area contributed by atoms with Crippen LogP contribution in [0.1, 0.15) is 37.2 Å². The molecule has 1 amide bonds. The minimum Gasteiger partial charge on any atom is -0.396 e. The second-order valence-corrected chi connectivity index (χ2v) is 3.90. The molecule has 0 aliphatic heterocycles. The number of aromatic nitrogens is 2. The molecule has 0 saturated heterocycles. The summed E-state index contributed by atoms with van der Waals surface area (Å²) in [6.45, 7) is 4.91. The number of aliphatic hydroxyl groups excluding tert-OH is 1. The van der Waals surface area contributed by atoms with Gasteiger partial charge in [0.2, 0.25) is 0 Å². The van der Waals surface area contributed by atoms with Crippen LogP contribution < -0.4 is 11.1 Å². The standard InChI is InChI=1S/C11H20N4O2/c1-3-8(16)5-6-13-11(17)10-9(12)7-15(4-2)14-10/h7-8,16H,3-6,12H2,1-2H3,(H,13,17). The fourth-order valence-corrected chi connectivity index (χ4v) is 1.42. The lowest BCUT2D eigenvalue weighted by Gasteiger charge is -2.07. The zero-order valence-electron chi connectivity index (χ0n) is 10.3. The predicted molar refractivity (Wildman–Crippen MR) is 65.6 cm³/mol. The number of hydrogen-bond acceptors (Lipinski definition) is 4. The molecule has 6 heteroatoms. The largest absolute Gasteiger partial charge is 0.396 e. The van der Waals surface area contributed by atoms with Crippen LogP contribution in [0, 0.1) is 0 Å². The number of amides is 1. The van der Waals surface area contributed by atoms with Crippen molar-refractivity contribution in [3.63, 3.8) is 0 Å². The molecule has 96 valence electrons. The summed E-state index contributed by atoms with van der Waals surface area (Å²) < 4.78 is 1.62. The van der Waals surface area contributed by atoms with E-state index in [0.717, 1.165) is 0 Å². The fourth-order valence-electron chi connectivity index (χ4n) is 1.42. The van der Waals surface area contributed by atoms with Crippen molar-refractivity contribution in [1.82, 2.24) is 15.1 Å². The Balaban J connectivity index is 2.49. The first-order valence-electron chi connectivity index (χ1n) is 5.87. The molecule has 0 aromatic carbocycles. The number of nitrogens with zero attached hydrogens (tertiary/aromatic N) is 2. The molecule has 1 rings (SSSR count). The molecule has 1 unspecified atom stereocenters. The van der Waals surface area contributed by atoms with Crippen LogP contribution in [0.25, 0.3) is 0 Å². The van der Waals surface area contributed by atoms with Gasteiger partial charge >= 0.3 is 0 Å². The number of nitrogen functional groups attached to an aromatic ring is 1. The van der Waals surface area contributed by atoms with Crippen molar-refractivity contribution in [2.24, 2.45) is 0 Å². The van der Waals surface area contributed by atoms with Crippen LogP contribution in [0.15, 0.2) is 6.20 Å². The van der Waals surface area contributed by atoms with Gasteiger partial charge in [0.05, 0.1) is 11.8 Å². The predicted octanol–water partition coefficient (Wildman–Crippen LogP) is 0.376. The Hall–Kier alpha value is -1.56. The van der Waals surface area contributed by atoms with Crippen LogP contribution in [-0.4, -0.2) is 33.4 Å². The highest BCUT2D eigenvalue weighted by Crippen LogP contribution is 2.08. The third-order valence-corrected chi connectivity index (χ3v) is 2.56. The molecule has 17 heavy (non-hydrogen) atoms. The average Bonchev–Trinajstić information content (AvgIpc) is 2.70. The van der Waals surface area contributed by atoms with Crippen molar-refractivity contribution in [2.75, 3.05) is 12.3 Å². The van der Waals surface area contributed by atoms with Gasteiger partial charge in [-0.25, -0.2) is 0 Å². The number of carbonyl (C=O) groups excluding carboxylic acids is 1. The van der Waals surface area contributed by atoms with Crippen LogP contribution >= 0.6 is 0 Å². The second kappa shape index (κ2) is 6.24. The first-order chi connectivity index (χ1) is 8.08. The van der Waals surface area contributed by atoms with Gasteiger partial charge in [0.15, 0.2) is 5.69 Å². The zero-order chi connectivity index (χ0) is 12.8. The topological polar surface area (TPSA) is 93.2 Å². The summed E-state index contributed by atoms with van der Waals surface area (Å²) in [7, 11) is 0. The van der Waals surface area contributed by atoms with E-state index in [9.17, 15) is 9.90 Å². The summed E-state index contributed by atoms with van der Waals surface area (Å²) >= 11 is 0. The number of aliphatic hydroxyl groups is 1. The van der Waals surface area contributed by atoms with Gasteiger partial charge in [-0.3, -0.25) is 9.48 Å². The van der Waals surface area contributed by atoms with Crippen molar-refractivity contribution in [2.45, 2.75) is 39.3 Å². The van der Waals surface area contributed by atoms with Gasteiger partial charge in [-0.1, -0.05) is 6.92 Å². The third-order valence-electron chi connectivity index (χ3n) is 2.56. The van der Waals surface area contributed by atoms with Gasteiger partial charge in [-0.15, -0.1) is 0 Å². The summed E-state index contributed by atoms with van der Waals surface area (Å²) in [6.07, 6.45) is 2.48. The highest BCUT2D eigenvalue weighted by Gasteiger charge is 2.14. The van der Waals surface area contributed by atoms with E-state index in [-0.39, 0.29) is 17.7 Å². The van der Waals surface area contributed by atoms with Crippen molar-refractivity contribution >= 4 is 11.6 Å². The molecule has 0 aliphatic carbocycles. The molecule has 1 atom stereocenters. The number of aryl methyl sites for hydroxylation is 1. The van der Waals surface area contributed by atoms with Crippen LogP contribution in [0.2, 0.25) is 0 Å². The van der Waals surface area contributed by atoms with E-state index in [4.69, 9.17) is 5.73 Å². The van der Waals surface area contributed by atoms with Crippen LogP contribution in [-0.2, 0) is 6.54 Å². The van der Waals surface area contributed by atoms with E-state index in [1.807, 2.05) is 13.8 Å². The van der Waals surface area contributed by atoms with Crippen LogP contribution in [0.5, 0.6) is 0 Å². The molecule has 0 fully saturated rings. The Labute approximate surface area is 101 Å². The van der Waals surface area contributed by atoms with Crippen molar-refractivity contribution in [3.05, 3.63) is 11.9 Å². The van der Waals surface area contributed by atoms with E-state index in [2.05, 4.69) is 10.4 Å². The number of carbonyl (C=O) groups is 1. The second-order valence-electron chi connectivity index (χ2n) is 3.90. The maximum Gasteiger partial charge on any atom is 0.273 e. The van der Waals surface area contributed by atoms with E-state index >= 15 is 0 Å². The number of nitrogens with two attached hydrogens (primary N) is 1. The molecule has 0 saturated carbocycles. The Morgan fingerprint density at radius 3 is 2.88 bits per heavy atom. The molecule has 0 radical (unpaired) electrons. The van der Waals surface area contributed by atoms with Gasteiger partial charge in [-0.05, 0) is 19.8 Å². The lowest BCUT2D eigenvalue weighted by Crippen LogP contribution is -2.28. The monoisotopic (exact) mass is 240 g/mol. The lowest BCUT2D eigenvalue weighted by molar-refractivity contribution is 0.0937. The Kier molecular flexibility index (Phi) is 4.96. The minimum absolute atomic E-state index is 0.248. The van der Waals surface area contributed by atoms with Gasteiger partial charge in [0.1, 0.15) is 0 Å². The van der Waals surface area contributed by atoms with Gasteiger partial charge in [0.25, 0.3) is 5.91 Å². The molecule has 1 aromatic rings. The van der Waals surface area contributed by atoms with E-state index in [1.54, 1.807) is 10.9 Å². The fraction of sp³-hybridized carbons (Fsp3) is 0.636. The highest BCUT2D eigenvalue weighted by atomic mass is 16.3. The maximum atomic E-state index is 11.7. The summed E-state index contributed by atoms with van der Waals surface area (Å²) in [5, 5.41) is 16.1. The summed E-state index contributed by atoms with van der Waals surface area (Å²) in [5.74, 6) is -0.294. The summed E-state index contributed by atoms with van der Waals surface area (Å²) in [5.41, 5.74) is 6.31. The Morgan fingerprint density at radius 2 is 2.35 bits per heavy atom. The molecular weight excluding hydrogens is 220 g/mol. The highest BCUT2D eigenvalue weighted by molar-refractivity contribution is 5.96. The molecule has 1 aromatic heterocycles. The molecule has 1 heterocycles. The van der Waals surface area contributed by atoms with E-state index in [1.165, 1.54) is 0 Å². The quantitative estimate of drug-likeness (QED) is 0.670. The van der Waals surface area contributed by atoms with Crippen molar-refractivity contribution in [1.29, 1.82) is 0 Å². The Bertz CT molecular complexity index is 376. The smallest absolute Gasteiger partial charge is 0.273 e. The molecule has 6 nitrogen and oxygen atoms in total. The summed E-state index contributed by atoms with van der Waals surface area (Å²) in [6, 6.07) is 0. The first-order valence-corrected chi connectivity index (χ1v) is 5.87. The molecule has 0 aliphatic rings. The third kappa shape index (κ3) is 3.74. The number of nitrogens with one attached hydrogen (secondary N) is 1. The van der Waals surface area contributed by atoms with E-state index < -0.39 is 0 Å². The Morgan fingerprint density at radius 1 is 1.65 bits per heavy atom.